The summed E-state index contributed by atoms with van der Waals surface area (Å²) in [6, 6.07) is 12.5. The number of carbonyl (C=O) groups is 2. The number of benzene rings is 2. The zero-order valence-electron chi connectivity index (χ0n) is 16.1. The van der Waals surface area contributed by atoms with Crippen molar-refractivity contribution in [1.82, 2.24) is 10.6 Å². The molecule has 0 saturated carbocycles. The van der Waals surface area contributed by atoms with E-state index in [0.29, 0.717) is 17.8 Å². The van der Waals surface area contributed by atoms with Gasteiger partial charge in [0, 0.05) is 29.2 Å². The average molecular weight is 463 g/mol. The molecule has 0 aliphatic rings. The van der Waals surface area contributed by atoms with Gasteiger partial charge < -0.3 is 16.0 Å². The highest BCUT2D eigenvalue weighted by atomic mass is 79.9. The number of nitrogens with zero attached hydrogens (tertiary/aromatic N) is 1. The Morgan fingerprint density at radius 1 is 1.07 bits per heavy atom. The molecule has 0 saturated heterocycles. The Morgan fingerprint density at radius 2 is 1.72 bits per heavy atom. The highest BCUT2D eigenvalue weighted by Gasteiger charge is 2.24. The summed E-state index contributed by atoms with van der Waals surface area (Å²) in [5, 5.41) is 19.5. The van der Waals surface area contributed by atoms with Crippen LogP contribution in [0.5, 0.6) is 0 Å². The first-order chi connectivity index (χ1) is 13.8. The molecule has 2 aromatic rings. The molecule has 2 rings (SSSR count). The number of amides is 2. The maximum atomic E-state index is 12.5. The number of halogens is 1. The molecule has 0 aromatic heterocycles. The minimum absolute atomic E-state index is 0.0272. The molecule has 0 aliphatic carbocycles. The van der Waals surface area contributed by atoms with Crippen LogP contribution in [0.2, 0.25) is 0 Å². The lowest BCUT2D eigenvalue weighted by molar-refractivity contribution is -0.384. The monoisotopic (exact) mass is 462 g/mol. The number of anilines is 1. The van der Waals surface area contributed by atoms with Crippen LogP contribution in [0.25, 0.3) is 0 Å². The second kappa shape index (κ2) is 10.6. The zero-order valence-corrected chi connectivity index (χ0v) is 17.7. The van der Waals surface area contributed by atoms with Gasteiger partial charge in [0.1, 0.15) is 11.7 Å². The topological polar surface area (TPSA) is 113 Å². The normalized spacial score (nSPS) is 11.6. The van der Waals surface area contributed by atoms with Gasteiger partial charge in [-0.2, -0.15) is 0 Å². The van der Waals surface area contributed by atoms with Crippen LogP contribution in [0.1, 0.15) is 24.2 Å². The van der Waals surface area contributed by atoms with Crippen molar-refractivity contribution >= 4 is 39.1 Å². The number of hydrogen-bond donors (Lipinski definition) is 3. The molecule has 29 heavy (non-hydrogen) atoms. The van der Waals surface area contributed by atoms with Gasteiger partial charge in [0.15, 0.2) is 0 Å². The Kier molecular flexibility index (Phi) is 8.14. The molecule has 1 atom stereocenters. The van der Waals surface area contributed by atoms with Gasteiger partial charge in [0.2, 0.25) is 5.91 Å². The van der Waals surface area contributed by atoms with Crippen LogP contribution in [0, 0.1) is 16.0 Å². The first kappa shape index (κ1) is 22.4. The van der Waals surface area contributed by atoms with E-state index in [4.69, 9.17) is 0 Å². The molecule has 0 spiro atoms. The van der Waals surface area contributed by atoms with E-state index in [9.17, 15) is 19.7 Å². The first-order valence-corrected chi connectivity index (χ1v) is 9.90. The third-order valence-corrected chi connectivity index (χ3v) is 4.71. The summed E-state index contributed by atoms with van der Waals surface area (Å²) in [6.07, 6.45) is 0. The van der Waals surface area contributed by atoms with Crippen molar-refractivity contribution in [3.8, 4) is 0 Å². The van der Waals surface area contributed by atoms with Crippen molar-refractivity contribution in [2.45, 2.75) is 19.9 Å². The SMILES string of the molecule is CC(C)C(NC(=O)c1ccc(Br)cc1)C(=O)NCCNc1ccccc1[N+](=O)[O-]. The van der Waals surface area contributed by atoms with Gasteiger partial charge in [-0.25, -0.2) is 0 Å². The lowest BCUT2D eigenvalue weighted by Crippen LogP contribution is -2.50. The van der Waals surface area contributed by atoms with Crippen LogP contribution in [0.4, 0.5) is 11.4 Å². The molecule has 0 heterocycles. The van der Waals surface area contributed by atoms with E-state index in [-0.39, 0.29) is 30.0 Å². The largest absolute Gasteiger partial charge is 0.378 e. The summed E-state index contributed by atoms with van der Waals surface area (Å²) in [5.41, 5.74) is 0.820. The van der Waals surface area contributed by atoms with Crippen LogP contribution < -0.4 is 16.0 Å². The van der Waals surface area contributed by atoms with Gasteiger partial charge in [-0.1, -0.05) is 41.9 Å². The van der Waals surface area contributed by atoms with Crippen LogP contribution in [0.15, 0.2) is 53.0 Å². The van der Waals surface area contributed by atoms with Crippen molar-refractivity contribution in [2.24, 2.45) is 5.92 Å². The summed E-state index contributed by atoms with van der Waals surface area (Å²) in [7, 11) is 0. The molecule has 8 nitrogen and oxygen atoms in total. The van der Waals surface area contributed by atoms with E-state index in [1.807, 2.05) is 13.8 Å². The molecule has 3 N–H and O–H groups in total. The van der Waals surface area contributed by atoms with Gasteiger partial charge in [0.05, 0.1) is 4.92 Å². The molecule has 2 amide bonds. The molecule has 0 aliphatic heterocycles. The lowest BCUT2D eigenvalue weighted by atomic mass is 10.0. The molecule has 9 heteroatoms. The Labute approximate surface area is 177 Å². The standard InChI is InChI=1S/C20H23BrN4O4/c1-13(2)18(24-19(26)14-7-9-15(21)10-8-14)20(27)23-12-11-22-16-5-3-4-6-17(16)25(28)29/h3-10,13,18,22H,11-12H2,1-2H3,(H,23,27)(H,24,26). The highest BCUT2D eigenvalue weighted by Crippen LogP contribution is 2.22. The quantitative estimate of drug-likeness (QED) is 0.300. The maximum Gasteiger partial charge on any atom is 0.292 e. The van der Waals surface area contributed by atoms with Gasteiger partial charge in [0.25, 0.3) is 11.6 Å². The van der Waals surface area contributed by atoms with E-state index in [1.54, 1.807) is 42.5 Å². The summed E-state index contributed by atoms with van der Waals surface area (Å²) in [4.78, 5) is 35.5. The number of nitro benzene ring substituents is 1. The number of para-hydroxylation sites is 2. The Hall–Kier alpha value is -2.94. The predicted octanol–water partition coefficient (Wildman–Crippen LogP) is 3.34. The third-order valence-electron chi connectivity index (χ3n) is 4.18. The fourth-order valence-electron chi connectivity index (χ4n) is 2.64. The summed E-state index contributed by atoms with van der Waals surface area (Å²) in [6.45, 7) is 4.25. The van der Waals surface area contributed by atoms with Crippen molar-refractivity contribution in [2.75, 3.05) is 18.4 Å². The van der Waals surface area contributed by atoms with E-state index in [1.165, 1.54) is 6.07 Å². The second-order valence-corrected chi connectivity index (χ2v) is 7.61. The smallest absolute Gasteiger partial charge is 0.292 e. The van der Waals surface area contributed by atoms with Crippen molar-refractivity contribution < 1.29 is 14.5 Å². The summed E-state index contributed by atoms with van der Waals surface area (Å²) < 4.78 is 0.860. The number of nitro groups is 1. The van der Waals surface area contributed by atoms with E-state index in [2.05, 4.69) is 31.9 Å². The molecular weight excluding hydrogens is 440 g/mol. The molecule has 0 radical (unpaired) electrons. The second-order valence-electron chi connectivity index (χ2n) is 6.69. The summed E-state index contributed by atoms with van der Waals surface area (Å²) in [5.74, 6) is -0.753. The average Bonchev–Trinajstić information content (AvgIpc) is 2.69. The number of rotatable bonds is 9. The van der Waals surface area contributed by atoms with Crippen LogP contribution in [0.3, 0.4) is 0 Å². The van der Waals surface area contributed by atoms with Crippen molar-refractivity contribution in [1.29, 1.82) is 0 Å². The van der Waals surface area contributed by atoms with Crippen molar-refractivity contribution in [3.63, 3.8) is 0 Å². The minimum atomic E-state index is -0.697. The Morgan fingerprint density at radius 3 is 2.34 bits per heavy atom. The van der Waals surface area contributed by atoms with E-state index >= 15 is 0 Å². The lowest BCUT2D eigenvalue weighted by Gasteiger charge is -2.22. The number of carbonyl (C=O) groups excluding carboxylic acids is 2. The molecule has 0 bridgehead atoms. The minimum Gasteiger partial charge on any atom is -0.378 e. The molecule has 0 fully saturated rings. The van der Waals surface area contributed by atoms with Crippen LogP contribution in [-0.2, 0) is 4.79 Å². The Bertz CT molecular complexity index is 871. The van der Waals surface area contributed by atoms with E-state index < -0.39 is 11.0 Å². The van der Waals surface area contributed by atoms with Gasteiger partial charge in [-0.3, -0.25) is 19.7 Å². The van der Waals surface area contributed by atoms with E-state index in [0.717, 1.165) is 4.47 Å². The van der Waals surface area contributed by atoms with Crippen LogP contribution in [-0.4, -0.2) is 35.9 Å². The molecule has 2 aromatic carbocycles. The fraction of sp³-hybridized carbons (Fsp3) is 0.300. The zero-order chi connectivity index (χ0) is 21.4. The van der Waals surface area contributed by atoms with Gasteiger partial charge in [-0.15, -0.1) is 0 Å². The number of nitrogens with one attached hydrogen (secondary N) is 3. The molecule has 154 valence electrons. The van der Waals surface area contributed by atoms with Crippen molar-refractivity contribution in [3.05, 3.63) is 68.7 Å². The summed E-state index contributed by atoms with van der Waals surface area (Å²) >= 11 is 3.32. The maximum absolute atomic E-state index is 12.5. The third kappa shape index (κ3) is 6.56. The van der Waals surface area contributed by atoms with Crippen LogP contribution >= 0.6 is 15.9 Å². The molecule has 1 unspecified atom stereocenters. The predicted molar refractivity (Wildman–Crippen MR) is 115 cm³/mol. The number of hydrogen-bond acceptors (Lipinski definition) is 5. The Balaban J connectivity index is 1.89. The first-order valence-electron chi connectivity index (χ1n) is 9.11. The highest BCUT2D eigenvalue weighted by molar-refractivity contribution is 9.10. The van der Waals surface area contributed by atoms with Gasteiger partial charge in [-0.05, 0) is 36.2 Å². The fourth-order valence-corrected chi connectivity index (χ4v) is 2.90. The molecular formula is C20H23BrN4O4. The van der Waals surface area contributed by atoms with Gasteiger partial charge >= 0.3 is 0 Å².